The molecule has 0 aliphatic rings. The van der Waals surface area contributed by atoms with Gasteiger partial charge < -0.3 is 10.0 Å². The highest BCUT2D eigenvalue weighted by Gasteiger charge is 2.13. The summed E-state index contributed by atoms with van der Waals surface area (Å²) < 4.78 is 1.82. The number of rotatable bonds is 7. The van der Waals surface area contributed by atoms with Gasteiger partial charge in [-0.05, 0) is 6.42 Å². The molecule has 1 heterocycles. The van der Waals surface area contributed by atoms with Crippen LogP contribution in [0.2, 0.25) is 0 Å². The summed E-state index contributed by atoms with van der Waals surface area (Å²) in [6, 6.07) is 0. The zero-order valence-corrected chi connectivity index (χ0v) is 11.2. The van der Waals surface area contributed by atoms with Gasteiger partial charge in [-0.15, -0.1) is 10.2 Å². The molecule has 6 nitrogen and oxygen atoms in total. The van der Waals surface area contributed by atoms with Crippen molar-refractivity contribution in [1.82, 2.24) is 14.8 Å². The number of anilines is 1. The first-order chi connectivity index (χ1) is 8.06. The van der Waals surface area contributed by atoms with E-state index in [1.807, 2.05) is 23.6 Å². The summed E-state index contributed by atoms with van der Waals surface area (Å²) in [7, 11) is 3.81. The predicted molar refractivity (Wildman–Crippen MR) is 67.5 cm³/mol. The molecule has 0 aliphatic carbocycles. The monoisotopic (exact) mass is 258 g/mol. The first kappa shape index (κ1) is 13.8. The smallest absolute Gasteiger partial charge is 0.313 e. The van der Waals surface area contributed by atoms with Gasteiger partial charge in [0.25, 0.3) is 0 Å². The van der Waals surface area contributed by atoms with Crippen LogP contribution in [0.3, 0.4) is 0 Å². The third-order valence-corrected chi connectivity index (χ3v) is 3.33. The number of thioether (sulfide) groups is 1. The summed E-state index contributed by atoms with van der Waals surface area (Å²) in [5, 5.41) is 17.3. The molecule has 0 amide bonds. The first-order valence-corrected chi connectivity index (χ1v) is 6.50. The fourth-order valence-electron chi connectivity index (χ4n) is 1.39. The summed E-state index contributed by atoms with van der Waals surface area (Å²) >= 11 is 1.18. The number of aliphatic carboxylic acids is 1. The lowest BCUT2D eigenvalue weighted by Crippen LogP contribution is -2.21. The van der Waals surface area contributed by atoms with Crippen molar-refractivity contribution in [1.29, 1.82) is 0 Å². The van der Waals surface area contributed by atoms with Gasteiger partial charge in [-0.25, -0.2) is 0 Å². The molecule has 96 valence electrons. The Hall–Kier alpha value is -1.24. The number of hydrogen-bond acceptors (Lipinski definition) is 5. The zero-order chi connectivity index (χ0) is 12.8. The second-order valence-electron chi connectivity index (χ2n) is 3.80. The Balaban J connectivity index is 2.65. The molecular weight excluding hydrogens is 240 g/mol. The molecule has 0 spiro atoms. The van der Waals surface area contributed by atoms with Crippen LogP contribution in [0, 0.1) is 0 Å². The van der Waals surface area contributed by atoms with Crippen LogP contribution in [-0.4, -0.2) is 45.2 Å². The van der Waals surface area contributed by atoms with Crippen LogP contribution in [0.15, 0.2) is 5.16 Å². The van der Waals surface area contributed by atoms with E-state index in [0.29, 0.717) is 5.16 Å². The Morgan fingerprint density at radius 3 is 2.82 bits per heavy atom. The minimum atomic E-state index is -0.848. The number of nitrogens with zero attached hydrogens (tertiary/aromatic N) is 4. The third-order valence-electron chi connectivity index (χ3n) is 2.33. The Labute approximate surface area is 105 Å². The highest BCUT2D eigenvalue weighted by atomic mass is 32.2. The van der Waals surface area contributed by atoms with Crippen molar-refractivity contribution in [3.63, 3.8) is 0 Å². The first-order valence-electron chi connectivity index (χ1n) is 5.51. The largest absolute Gasteiger partial charge is 0.481 e. The van der Waals surface area contributed by atoms with E-state index in [4.69, 9.17) is 5.11 Å². The van der Waals surface area contributed by atoms with Crippen molar-refractivity contribution in [2.75, 3.05) is 24.2 Å². The molecule has 0 saturated carbocycles. The van der Waals surface area contributed by atoms with E-state index < -0.39 is 5.97 Å². The molecule has 7 heteroatoms. The summed E-state index contributed by atoms with van der Waals surface area (Å²) in [5.74, 6) is -0.0739. The molecule has 0 aliphatic heterocycles. The average molecular weight is 258 g/mol. The van der Waals surface area contributed by atoms with Crippen LogP contribution in [0.25, 0.3) is 0 Å². The molecule has 0 saturated heterocycles. The quantitative estimate of drug-likeness (QED) is 0.742. The molecule has 1 N–H and O–H groups in total. The summed E-state index contributed by atoms with van der Waals surface area (Å²) in [5.41, 5.74) is 0. The molecule has 0 unspecified atom stereocenters. The van der Waals surface area contributed by atoms with Crippen molar-refractivity contribution in [3.05, 3.63) is 0 Å². The minimum Gasteiger partial charge on any atom is -0.481 e. The van der Waals surface area contributed by atoms with Gasteiger partial charge in [-0.3, -0.25) is 9.36 Å². The van der Waals surface area contributed by atoms with E-state index in [9.17, 15) is 4.79 Å². The van der Waals surface area contributed by atoms with Gasteiger partial charge in [0.15, 0.2) is 5.16 Å². The van der Waals surface area contributed by atoms with Crippen molar-refractivity contribution in [2.24, 2.45) is 7.05 Å². The standard InChI is InChI=1S/C10H18N4O2S/c1-4-5-6-13(2)9-11-12-10(14(9)3)17-7-8(15)16/h4-7H2,1-3H3,(H,15,16). The van der Waals surface area contributed by atoms with Crippen LogP contribution in [0.5, 0.6) is 0 Å². The fourth-order valence-corrected chi connectivity index (χ4v) is 2.01. The molecule has 1 rings (SSSR count). The van der Waals surface area contributed by atoms with Gasteiger partial charge in [0.1, 0.15) is 0 Å². The second kappa shape index (κ2) is 6.48. The topological polar surface area (TPSA) is 71.2 Å². The van der Waals surface area contributed by atoms with Crippen molar-refractivity contribution >= 4 is 23.7 Å². The van der Waals surface area contributed by atoms with Crippen LogP contribution in [-0.2, 0) is 11.8 Å². The van der Waals surface area contributed by atoms with Gasteiger partial charge in [-0.1, -0.05) is 25.1 Å². The Morgan fingerprint density at radius 1 is 1.53 bits per heavy atom. The van der Waals surface area contributed by atoms with Gasteiger partial charge >= 0.3 is 5.97 Å². The molecule has 1 aromatic heterocycles. The van der Waals surface area contributed by atoms with E-state index in [-0.39, 0.29) is 5.75 Å². The normalized spacial score (nSPS) is 10.5. The molecule has 0 bridgehead atoms. The maximum Gasteiger partial charge on any atom is 0.313 e. The van der Waals surface area contributed by atoms with Gasteiger partial charge in [-0.2, -0.15) is 0 Å². The lowest BCUT2D eigenvalue weighted by molar-refractivity contribution is -0.133. The van der Waals surface area contributed by atoms with E-state index in [1.54, 1.807) is 0 Å². The summed E-state index contributed by atoms with van der Waals surface area (Å²) in [6.07, 6.45) is 2.23. The fraction of sp³-hybridized carbons (Fsp3) is 0.700. The predicted octanol–water partition coefficient (Wildman–Crippen LogP) is 1.23. The molecule has 1 aromatic rings. The van der Waals surface area contributed by atoms with Crippen LogP contribution >= 0.6 is 11.8 Å². The van der Waals surface area contributed by atoms with Crippen LogP contribution < -0.4 is 4.90 Å². The third kappa shape index (κ3) is 3.92. The lowest BCUT2D eigenvalue weighted by Gasteiger charge is -2.16. The molecule has 0 fully saturated rings. The maximum atomic E-state index is 10.5. The highest BCUT2D eigenvalue weighted by molar-refractivity contribution is 7.99. The van der Waals surface area contributed by atoms with E-state index in [2.05, 4.69) is 17.1 Å². The minimum absolute atomic E-state index is 0.00461. The number of carbonyl (C=O) groups is 1. The summed E-state index contributed by atoms with van der Waals surface area (Å²) in [6.45, 7) is 3.06. The number of carboxylic acid groups (broad SMARTS) is 1. The number of hydrogen-bond donors (Lipinski definition) is 1. The average Bonchev–Trinajstić information content (AvgIpc) is 2.65. The van der Waals surface area contributed by atoms with Crippen molar-refractivity contribution < 1.29 is 9.90 Å². The van der Waals surface area contributed by atoms with Crippen LogP contribution in [0.4, 0.5) is 5.95 Å². The molecule has 17 heavy (non-hydrogen) atoms. The van der Waals surface area contributed by atoms with Gasteiger partial charge in [0, 0.05) is 20.6 Å². The SMILES string of the molecule is CCCCN(C)c1nnc(SCC(=O)O)n1C. The Kier molecular flexibility index (Phi) is 5.27. The number of carboxylic acids is 1. The maximum absolute atomic E-state index is 10.5. The number of unbranched alkanes of at least 4 members (excludes halogenated alkanes) is 1. The summed E-state index contributed by atoms with van der Waals surface area (Å²) in [4.78, 5) is 12.5. The highest BCUT2D eigenvalue weighted by Crippen LogP contribution is 2.19. The van der Waals surface area contributed by atoms with E-state index >= 15 is 0 Å². The number of aromatic nitrogens is 3. The van der Waals surface area contributed by atoms with E-state index in [1.165, 1.54) is 11.8 Å². The Morgan fingerprint density at radius 2 is 2.24 bits per heavy atom. The molecule has 0 aromatic carbocycles. The van der Waals surface area contributed by atoms with Crippen LogP contribution in [0.1, 0.15) is 19.8 Å². The van der Waals surface area contributed by atoms with E-state index in [0.717, 1.165) is 25.3 Å². The van der Waals surface area contributed by atoms with Crippen molar-refractivity contribution in [2.45, 2.75) is 24.9 Å². The molecule has 0 atom stereocenters. The second-order valence-corrected chi connectivity index (χ2v) is 4.74. The Bertz CT molecular complexity index is 380. The van der Waals surface area contributed by atoms with Crippen molar-refractivity contribution in [3.8, 4) is 0 Å². The van der Waals surface area contributed by atoms with Gasteiger partial charge in [0.05, 0.1) is 5.75 Å². The lowest BCUT2D eigenvalue weighted by atomic mass is 10.3. The van der Waals surface area contributed by atoms with Gasteiger partial charge in [0.2, 0.25) is 5.95 Å². The zero-order valence-electron chi connectivity index (χ0n) is 10.4. The molecular formula is C10H18N4O2S. The molecule has 0 radical (unpaired) electrons.